The Hall–Kier alpha value is -0.730. The van der Waals surface area contributed by atoms with E-state index in [4.69, 9.17) is 16.3 Å². The summed E-state index contributed by atoms with van der Waals surface area (Å²) in [5, 5.41) is 4.14. The van der Waals surface area contributed by atoms with Crippen LogP contribution in [0.1, 0.15) is 52.1 Å². The molecule has 2 atom stereocenters. The van der Waals surface area contributed by atoms with Crippen molar-refractivity contribution in [1.29, 1.82) is 0 Å². The third-order valence-electron chi connectivity index (χ3n) is 3.06. The second kappa shape index (κ2) is 7.65. The highest BCUT2D eigenvalue weighted by molar-refractivity contribution is 6.32. The Morgan fingerprint density at radius 3 is 2.56 bits per heavy atom. The Balaban J connectivity index is 2.72. The van der Waals surface area contributed by atoms with Crippen molar-refractivity contribution in [3.05, 3.63) is 28.8 Å². The van der Waals surface area contributed by atoms with Gasteiger partial charge in [0.2, 0.25) is 0 Å². The Labute approximate surface area is 116 Å². The normalized spacial score (nSPS) is 14.3. The number of halogens is 1. The first-order valence-corrected chi connectivity index (χ1v) is 7.15. The maximum absolute atomic E-state index is 6.26. The van der Waals surface area contributed by atoms with E-state index in [0.29, 0.717) is 11.1 Å². The standard InChI is InChI=1S/C15H24ClNO/c1-5-9-17-12(4)13-7-8-15(14(16)10-13)18-11(3)6-2/h7-8,10-12,17H,5-6,9H2,1-4H3. The van der Waals surface area contributed by atoms with E-state index in [2.05, 4.69) is 39.1 Å². The summed E-state index contributed by atoms with van der Waals surface area (Å²) in [6.45, 7) is 9.48. The zero-order valence-corrected chi connectivity index (χ0v) is 12.6. The first-order chi connectivity index (χ1) is 8.58. The molecule has 0 aromatic heterocycles. The molecule has 1 rings (SSSR count). The van der Waals surface area contributed by atoms with Crippen LogP contribution in [0.4, 0.5) is 0 Å². The zero-order valence-electron chi connectivity index (χ0n) is 11.8. The molecule has 0 spiro atoms. The molecular formula is C15H24ClNO. The van der Waals surface area contributed by atoms with Gasteiger partial charge in [-0.3, -0.25) is 0 Å². The summed E-state index contributed by atoms with van der Waals surface area (Å²) in [7, 11) is 0. The van der Waals surface area contributed by atoms with E-state index >= 15 is 0 Å². The van der Waals surface area contributed by atoms with Crippen LogP contribution in [0, 0.1) is 0 Å². The van der Waals surface area contributed by atoms with Gasteiger partial charge in [0.15, 0.2) is 0 Å². The fourth-order valence-electron chi connectivity index (χ4n) is 1.66. The third kappa shape index (κ3) is 4.51. The fraction of sp³-hybridized carbons (Fsp3) is 0.600. The molecule has 0 amide bonds. The van der Waals surface area contributed by atoms with Crippen LogP contribution >= 0.6 is 11.6 Å². The molecule has 1 aromatic rings. The van der Waals surface area contributed by atoms with E-state index in [1.54, 1.807) is 0 Å². The second-order valence-electron chi connectivity index (χ2n) is 4.70. The van der Waals surface area contributed by atoms with Gasteiger partial charge in [-0.25, -0.2) is 0 Å². The molecule has 0 fully saturated rings. The molecule has 3 heteroatoms. The molecule has 2 nitrogen and oxygen atoms in total. The van der Waals surface area contributed by atoms with Crippen molar-refractivity contribution in [2.75, 3.05) is 6.54 Å². The number of hydrogen-bond donors (Lipinski definition) is 1. The van der Waals surface area contributed by atoms with Crippen LogP contribution in [0.2, 0.25) is 5.02 Å². The summed E-state index contributed by atoms with van der Waals surface area (Å²) in [6.07, 6.45) is 2.31. The molecule has 18 heavy (non-hydrogen) atoms. The Morgan fingerprint density at radius 2 is 2.00 bits per heavy atom. The van der Waals surface area contributed by atoms with Gasteiger partial charge in [-0.05, 0) is 50.9 Å². The molecule has 0 radical (unpaired) electrons. The third-order valence-corrected chi connectivity index (χ3v) is 3.35. The average molecular weight is 270 g/mol. The van der Waals surface area contributed by atoms with E-state index in [1.165, 1.54) is 5.56 Å². The van der Waals surface area contributed by atoms with Gasteiger partial charge in [0.05, 0.1) is 11.1 Å². The van der Waals surface area contributed by atoms with Crippen molar-refractivity contribution in [3.8, 4) is 5.75 Å². The van der Waals surface area contributed by atoms with Crippen molar-refractivity contribution in [2.45, 2.75) is 52.7 Å². The molecule has 0 saturated heterocycles. The summed E-state index contributed by atoms with van der Waals surface area (Å²) >= 11 is 6.26. The summed E-state index contributed by atoms with van der Waals surface area (Å²) < 4.78 is 5.76. The van der Waals surface area contributed by atoms with Crippen molar-refractivity contribution in [3.63, 3.8) is 0 Å². The predicted molar refractivity (Wildman–Crippen MR) is 78.5 cm³/mol. The molecule has 0 aliphatic heterocycles. The van der Waals surface area contributed by atoms with Crippen LogP contribution in [0.25, 0.3) is 0 Å². The van der Waals surface area contributed by atoms with E-state index in [9.17, 15) is 0 Å². The van der Waals surface area contributed by atoms with Gasteiger partial charge < -0.3 is 10.1 Å². The van der Waals surface area contributed by atoms with Crippen molar-refractivity contribution >= 4 is 11.6 Å². The smallest absolute Gasteiger partial charge is 0.138 e. The average Bonchev–Trinajstić information content (AvgIpc) is 2.38. The lowest BCUT2D eigenvalue weighted by molar-refractivity contribution is 0.217. The monoisotopic (exact) mass is 269 g/mol. The maximum atomic E-state index is 6.26. The van der Waals surface area contributed by atoms with Crippen LogP contribution in [0.15, 0.2) is 18.2 Å². The maximum Gasteiger partial charge on any atom is 0.138 e. The zero-order chi connectivity index (χ0) is 13.5. The minimum atomic E-state index is 0.198. The van der Waals surface area contributed by atoms with Gasteiger partial charge in [0.1, 0.15) is 5.75 Å². The first kappa shape index (κ1) is 15.3. The number of benzene rings is 1. The summed E-state index contributed by atoms with van der Waals surface area (Å²) in [4.78, 5) is 0. The highest BCUT2D eigenvalue weighted by atomic mass is 35.5. The molecule has 0 bridgehead atoms. The second-order valence-corrected chi connectivity index (χ2v) is 5.11. The highest BCUT2D eigenvalue weighted by Gasteiger charge is 2.10. The molecule has 1 N–H and O–H groups in total. The van der Waals surface area contributed by atoms with E-state index < -0.39 is 0 Å². The SMILES string of the molecule is CCCNC(C)c1ccc(OC(C)CC)c(Cl)c1. The van der Waals surface area contributed by atoms with Crippen LogP contribution in [-0.2, 0) is 0 Å². The molecule has 0 aliphatic carbocycles. The molecule has 0 saturated carbocycles. The van der Waals surface area contributed by atoms with Gasteiger partial charge in [0.25, 0.3) is 0 Å². The first-order valence-electron chi connectivity index (χ1n) is 6.77. The summed E-state index contributed by atoms with van der Waals surface area (Å²) in [5.41, 5.74) is 1.20. The Morgan fingerprint density at radius 1 is 1.28 bits per heavy atom. The van der Waals surface area contributed by atoms with Crippen LogP contribution < -0.4 is 10.1 Å². The van der Waals surface area contributed by atoms with Crippen molar-refractivity contribution in [2.24, 2.45) is 0 Å². The Bertz CT molecular complexity index is 368. The summed E-state index contributed by atoms with van der Waals surface area (Å²) in [6, 6.07) is 6.36. The van der Waals surface area contributed by atoms with E-state index in [1.807, 2.05) is 12.1 Å². The molecular weight excluding hydrogens is 246 g/mol. The number of hydrogen-bond acceptors (Lipinski definition) is 2. The topological polar surface area (TPSA) is 21.3 Å². The van der Waals surface area contributed by atoms with Gasteiger partial charge in [0, 0.05) is 6.04 Å². The minimum absolute atomic E-state index is 0.198. The van der Waals surface area contributed by atoms with E-state index in [0.717, 1.165) is 25.1 Å². The van der Waals surface area contributed by atoms with Crippen LogP contribution in [-0.4, -0.2) is 12.6 Å². The highest BCUT2D eigenvalue weighted by Crippen LogP contribution is 2.29. The lowest BCUT2D eigenvalue weighted by atomic mass is 10.1. The van der Waals surface area contributed by atoms with Crippen LogP contribution in [0.5, 0.6) is 5.75 Å². The number of ether oxygens (including phenoxy) is 1. The van der Waals surface area contributed by atoms with Gasteiger partial charge in [-0.15, -0.1) is 0 Å². The quantitative estimate of drug-likeness (QED) is 0.782. The lowest BCUT2D eigenvalue weighted by Gasteiger charge is -2.17. The lowest BCUT2D eigenvalue weighted by Crippen LogP contribution is -2.19. The molecule has 2 unspecified atom stereocenters. The van der Waals surface area contributed by atoms with Crippen molar-refractivity contribution < 1.29 is 4.74 Å². The number of rotatable bonds is 7. The van der Waals surface area contributed by atoms with E-state index in [-0.39, 0.29) is 6.10 Å². The molecule has 1 aromatic carbocycles. The Kier molecular flexibility index (Phi) is 6.51. The predicted octanol–water partition coefficient (Wildman–Crippen LogP) is 4.58. The van der Waals surface area contributed by atoms with Gasteiger partial charge in [-0.2, -0.15) is 0 Å². The molecule has 0 aliphatic rings. The van der Waals surface area contributed by atoms with Crippen molar-refractivity contribution in [1.82, 2.24) is 5.32 Å². The van der Waals surface area contributed by atoms with Crippen LogP contribution in [0.3, 0.4) is 0 Å². The molecule has 0 heterocycles. The summed E-state index contributed by atoms with van der Waals surface area (Å²) in [5.74, 6) is 0.775. The largest absolute Gasteiger partial charge is 0.489 e. The van der Waals surface area contributed by atoms with Gasteiger partial charge >= 0.3 is 0 Å². The number of nitrogens with one attached hydrogen (secondary N) is 1. The van der Waals surface area contributed by atoms with Gasteiger partial charge in [-0.1, -0.05) is 31.5 Å². The molecule has 102 valence electrons. The minimum Gasteiger partial charge on any atom is -0.489 e. The fourth-order valence-corrected chi connectivity index (χ4v) is 1.89.